The number of nitrogens with one attached hydrogen (secondary N) is 1. The van der Waals surface area contributed by atoms with Crippen molar-refractivity contribution in [2.24, 2.45) is 0 Å². The number of rotatable bonds is 7. The number of anilines is 1. The van der Waals surface area contributed by atoms with E-state index in [2.05, 4.69) is 0 Å². The largest absolute Gasteiger partial charge is 0.496 e. The van der Waals surface area contributed by atoms with E-state index in [1.165, 1.54) is 7.11 Å². The van der Waals surface area contributed by atoms with Crippen LogP contribution in [0.25, 0.3) is 0 Å². The summed E-state index contributed by atoms with van der Waals surface area (Å²) in [5.41, 5.74) is 1.28. The van der Waals surface area contributed by atoms with Crippen molar-refractivity contribution in [3.8, 4) is 5.75 Å². The number of methoxy groups -OCH3 is 1. The highest BCUT2D eigenvalue weighted by atomic mass is 19.4. The van der Waals surface area contributed by atoms with E-state index >= 15 is 0 Å². The molecule has 2 rings (SSSR count). The fourth-order valence-corrected chi connectivity index (χ4v) is 3.06. The zero-order valence-corrected chi connectivity index (χ0v) is 16.0. The second-order valence-corrected chi connectivity index (χ2v) is 6.54. The number of carbonyl (C=O) groups is 3. The number of carboxylic acid groups (broad SMARTS) is 1. The van der Waals surface area contributed by atoms with Crippen molar-refractivity contribution in [2.45, 2.75) is 45.9 Å². The number of carboxylic acids is 1. The summed E-state index contributed by atoms with van der Waals surface area (Å²) in [6.07, 6.45) is -3.38. The third-order valence-electron chi connectivity index (χ3n) is 4.56. The number of amides is 1. The molecule has 0 radical (unpaired) electrons. The van der Waals surface area contributed by atoms with E-state index < -0.39 is 24.0 Å². The van der Waals surface area contributed by atoms with Gasteiger partial charge < -0.3 is 19.9 Å². The number of cyclic esters (lactones) is 1. The molecule has 1 amide bonds. The average Bonchev–Trinajstić information content (AvgIpc) is 3.01. The lowest BCUT2D eigenvalue weighted by Crippen LogP contribution is -2.31. The first-order valence-corrected chi connectivity index (χ1v) is 8.62. The van der Waals surface area contributed by atoms with E-state index in [9.17, 15) is 27.6 Å². The minimum atomic E-state index is -5.15. The number of fused-ring (bicyclic) bond motifs is 1. The van der Waals surface area contributed by atoms with E-state index in [1.54, 1.807) is 25.2 Å². The van der Waals surface area contributed by atoms with Gasteiger partial charge in [-0.1, -0.05) is 11.6 Å². The van der Waals surface area contributed by atoms with Crippen LogP contribution in [0.5, 0.6) is 5.75 Å². The molecule has 7 nitrogen and oxygen atoms in total. The Hall–Kier alpha value is -3.04. The summed E-state index contributed by atoms with van der Waals surface area (Å²) in [5.74, 6) is -3.82. The number of halogens is 3. The molecule has 0 atom stereocenters. The molecule has 0 spiro atoms. The van der Waals surface area contributed by atoms with Crippen LogP contribution in [0.15, 0.2) is 11.6 Å². The van der Waals surface area contributed by atoms with Crippen molar-refractivity contribution in [1.82, 2.24) is 0 Å². The molecular weight excluding hydrogens is 395 g/mol. The van der Waals surface area contributed by atoms with Crippen LogP contribution < -0.4 is 10.1 Å². The first-order chi connectivity index (χ1) is 13.5. The van der Waals surface area contributed by atoms with Gasteiger partial charge in [-0.2, -0.15) is 13.2 Å². The number of aliphatic carboxylic acids is 1. The van der Waals surface area contributed by atoms with Crippen molar-refractivity contribution < 1.29 is 42.1 Å². The summed E-state index contributed by atoms with van der Waals surface area (Å²) in [6.45, 7) is 3.18. The SMILES string of the molecule is COc1c(C)c2c(c(NC(=O)C(F)(F)F)c1C/C=C(\C)CCC(=O)O)C(=O)OC2. The summed E-state index contributed by atoms with van der Waals surface area (Å²) in [7, 11) is 1.33. The van der Waals surface area contributed by atoms with Crippen LogP contribution in [0.2, 0.25) is 0 Å². The molecule has 1 aromatic rings. The van der Waals surface area contributed by atoms with Gasteiger partial charge in [0, 0.05) is 17.5 Å². The van der Waals surface area contributed by atoms with E-state index in [-0.39, 0.29) is 48.4 Å². The van der Waals surface area contributed by atoms with Gasteiger partial charge in [0.05, 0.1) is 18.4 Å². The number of ether oxygens (including phenoxy) is 2. The first-order valence-electron chi connectivity index (χ1n) is 8.62. The van der Waals surface area contributed by atoms with Gasteiger partial charge in [0.25, 0.3) is 0 Å². The Bertz CT molecular complexity index is 889. The van der Waals surface area contributed by atoms with Crippen molar-refractivity contribution in [3.63, 3.8) is 0 Å². The fourth-order valence-electron chi connectivity index (χ4n) is 3.06. The molecule has 0 fully saturated rings. The predicted octanol–water partition coefficient (Wildman–Crippen LogP) is 3.53. The lowest BCUT2D eigenvalue weighted by Gasteiger charge is -2.20. The van der Waals surface area contributed by atoms with Gasteiger partial charge in [0.1, 0.15) is 12.4 Å². The quantitative estimate of drug-likeness (QED) is 0.522. The fraction of sp³-hybridized carbons (Fsp3) is 0.421. The van der Waals surface area contributed by atoms with Gasteiger partial charge in [-0.05, 0) is 32.3 Å². The topological polar surface area (TPSA) is 102 Å². The van der Waals surface area contributed by atoms with E-state index in [1.807, 2.05) is 0 Å². The maximum absolute atomic E-state index is 12.8. The molecular formula is C19H20F3NO6. The molecule has 0 saturated carbocycles. The summed E-state index contributed by atoms with van der Waals surface area (Å²) in [4.78, 5) is 34.4. The molecule has 0 bridgehead atoms. The Kier molecular flexibility index (Phi) is 6.55. The Morgan fingerprint density at radius 1 is 1.31 bits per heavy atom. The standard InChI is InChI=1S/C19H20F3NO6/c1-9(5-7-13(24)25)4-6-11-15(23-18(27)19(20,21)22)14-12(8-29-17(14)26)10(2)16(11)28-3/h4H,5-8H2,1-3H3,(H,23,27)(H,24,25)/b9-4+. The van der Waals surface area contributed by atoms with Gasteiger partial charge in [-0.3, -0.25) is 9.59 Å². The number of hydrogen-bond acceptors (Lipinski definition) is 5. The molecule has 10 heteroatoms. The first kappa shape index (κ1) is 22.3. The third-order valence-corrected chi connectivity index (χ3v) is 4.56. The molecule has 1 aliphatic heterocycles. The van der Waals surface area contributed by atoms with Gasteiger partial charge in [-0.15, -0.1) is 0 Å². The molecule has 0 aliphatic carbocycles. The number of carbonyl (C=O) groups excluding carboxylic acids is 2. The van der Waals surface area contributed by atoms with E-state index in [4.69, 9.17) is 14.6 Å². The molecule has 158 valence electrons. The maximum atomic E-state index is 12.8. The van der Waals surface area contributed by atoms with Crippen LogP contribution in [0.4, 0.5) is 18.9 Å². The minimum Gasteiger partial charge on any atom is -0.496 e. The van der Waals surface area contributed by atoms with Gasteiger partial charge >= 0.3 is 24.0 Å². The van der Waals surface area contributed by atoms with Crippen molar-refractivity contribution >= 4 is 23.5 Å². The van der Waals surface area contributed by atoms with Crippen LogP contribution in [0.1, 0.15) is 46.8 Å². The summed E-state index contributed by atoms with van der Waals surface area (Å²) in [6, 6.07) is 0. The zero-order chi connectivity index (χ0) is 21.9. The molecule has 1 heterocycles. The molecule has 2 N–H and O–H groups in total. The smallest absolute Gasteiger partial charge is 0.471 e. The van der Waals surface area contributed by atoms with Crippen LogP contribution >= 0.6 is 0 Å². The highest BCUT2D eigenvalue weighted by Gasteiger charge is 2.41. The van der Waals surface area contributed by atoms with Gasteiger partial charge in [0.15, 0.2) is 0 Å². The second kappa shape index (κ2) is 8.54. The van der Waals surface area contributed by atoms with Crippen molar-refractivity contribution in [2.75, 3.05) is 12.4 Å². The van der Waals surface area contributed by atoms with Crippen LogP contribution in [-0.4, -0.2) is 36.2 Å². The van der Waals surface area contributed by atoms with Crippen LogP contribution in [0, 0.1) is 6.92 Å². The zero-order valence-electron chi connectivity index (χ0n) is 16.0. The number of hydrogen-bond donors (Lipinski definition) is 2. The third kappa shape index (κ3) is 4.87. The number of esters is 1. The normalized spacial score (nSPS) is 13.7. The van der Waals surface area contributed by atoms with Gasteiger partial charge in [-0.25, -0.2) is 4.79 Å². The highest BCUT2D eigenvalue weighted by Crippen LogP contribution is 2.42. The van der Waals surface area contributed by atoms with Crippen LogP contribution in [-0.2, 0) is 27.4 Å². The number of benzene rings is 1. The Morgan fingerprint density at radius 2 is 1.97 bits per heavy atom. The number of alkyl halides is 3. The monoisotopic (exact) mass is 415 g/mol. The molecule has 0 aromatic heterocycles. The minimum absolute atomic E-state index is 0.0174. The van der Waals surface area contributed by atoms with E-state index in [0.29, 0.717) is 16.7 Å². The van der Waals surface area contributed by atoms with Crippen molar-refractivity contribution in [3.05, 3.63) is 33.9 Å². The molecule has 1 aromatic carbocycles. The highest BCUT2D eigenvalue weighted by molar-refractivity contribution is 6.07. The number of allylic oxidation sites excluding steroid dienone is 2. The predicted molar refractivity (Wildman–Crippen MR) is 95.9 cm³/mol. The summed E-state index contributed by atoms with van der Waals surface area (Å²) >= 11 is 0. The lowest BCUT2D eigenvalue weighted by atomic mass is 9.93. The Morgan fingerprint density at radius 3 is 2.52 bits per heavy atom. The van der Waals surface area contributed by atoms with E-state index in [0.717, 1.165) is 0 Å². The average molecular weight is 415 g/mol. The lowest BCUT2D eigenvalue weighted by molar-refractivity contribution is -0.167. The Balaban J connectivity index is 2.57. The Labute approximate surface area is 164 Å². The maximum Gasteiger partial charge on any atom is 0.471 e. The second-order valence-electron chi connectivity index (χ2n) is 6.54. The van der Waals surface area contributed by atoms with Crippen molar-refractivity contribution in [1.29, 1.82) is 0 Å². The molecule has 1 aliphatic rings. The molecule has 0 unspecified atom stereocenters. The van der Waals surface area contributed by atoms with Crippen LogP contribution in [0.3, 0.4) is 0 Å². The van der Waals surface area contributed by atoms with Gasteiger partial charge in [0.2, 0.25) is 0 Å². The molecule has 0 saturated heterocycles. The molecule has 29 heavy (non-hydrogen) atoms. The summed E-state index contributed by atoms with van der Waals surface area (Å²) in [5, 5.41) is 10.6. The summed E-state index contributed by atoms with van der Waals surface area (Å²) < 4.78 is 48.8.